The molecule has 2 aromatic rings. The molecule has 0 spiro atoms. The number of halogens is 1. The Morgan fingerprint density at radius 2 is 2.25 bits per heavy atom. The molecule has 16 heavy (non-hydrogen) atoms. The number of aryl methyl sites for hydroxylation is 1. The van der Waals surface area contributed by atoms with E-state index in [4.69, 9.17) is 0 Å². The van der Waals surface area contributed by atoms with Crippen LogP contribution in [0.1, 0.15) is 20.9 Å². The van der Waals surface area contributed by atoms with Crippen molar-refractivity contribution in [3.63, 3.8) is 0 Å². The van der Waals surface area contributed by atoms with E-state index in [1.54, 1.807) is 17.5 Å². The van der Waals surface area contributed by atoms with Gasteiger partial charge in [-0.1, -0.05) is 0 Å². The molecule has 0 aliphatic carbocycles. The maximum atomic E-state index is 11.9. The first-order valence-electron chi connectivity index (χ1n) is 4.84. The van der Waals surface area contributed by atoms with Gasteiger partial charge in [-0.2, -0.15) is 0 Å². The third-order valence-corrected chi connectivity index (χ3v) is 4.17. The Bertz CT molecular complexity index is 504. The molecule has 82 valence electrons. The molecule has 0 unspecified atom stereocenters. The third-order valence-electron chi connectivity index (χ3n) is 2.25. The number of nitrogens with zero attached hydrogens (tertiary/aromatic N) is 1. The van der Waals surface area contributed by atoms with Gasteiger partial charge in [0.2, 0.25) is 0 Å². The van der Waals surface area contributed by atoms with Crippen LogP contribution in [-0.2, 0) is 6.42 Å². The number of carbonyl (C=O) groups excluding carboxylic acids is 1. The van der Waals surface area contributed by atoms with Crippen LogP contribution >= 0.6 is 27.3 Å². The van der Waals surface area contributed by atoms with E-state index in [1.165, 1.54) is 0 Å². The number of aromatic nitrogens is 1. The monoisotopic (exact) mass is 295 g/mol. The van der Waals surface area contributed by atoms with E-state index in [1.807, 2.05) is 30.5 Å². The van der Waals surface area contributed by atoms with Crippen molar-refractivity contribution in [1.82, 2.24) is 4.98 Å². The van der Waals surface area contributed by atoms with Crippen molar-refractivity contribution in [1.29, 1.82) is 0 Å². The van der Waals surface area contributed by atoms with Gasteiger partial charge in [0.15, 0.2) is 5.78 Å². The zero-order valence-electron chi connectivity index (χ0n) is 8.74. The molecule has 0 saturated heterocycles. The van der Waals surface area contributed by atoms with E-state index in [-0.39, 0.29) is 5.78 Å². The number of ketones is 1. The predicted molar refractivity (Wildman–Crippen MR) is 69.0 cm³/mol. The van der Waals surface area contributed by atoms with Gasteiger partial charge >= 0.3 is 0 Å². The lowest BCUT2D eigenvalue weighted by atomic mass is 10.1. The largest absolute Gasteiger partial charge is 0.294 e. The number of carbonyl (C=O) groups is 1. The van der Waals surface area contributed by atoms with Crippen molar-refractivity contribution >= 4 is 33.0 Å². The summed E-state index contributed by atoms with van der Waals surface area (Å²) in [6.45, 7) is 1.91. The first-order valence-corrected chi connectivity index (χ1v) is 6.52. The van der Waals surface area contributed by atoms with Crippen molar-refractivity contribution in [3.8, 4) is 0 Å². The van der Waals surface area contributed by atoms with Crippen molar-refractivity contribution in [2.75, 3.05) is 0 Å². The minimum absolute atomic E-state index is 0.107. The van der Waals surface area contributed by atoms with E-state index >= 15 is 0 Å². The molecule has 0 radical (unpaired) electrons. The van der Waals surface area contributed by atoms with Crippen LogP contribution in [0.25, 0.3) is 0 Å². The standard InChI is InChI=1S/C12H10BrNOS/c1-8-2-3-9(7-14-8)11(15)6-12-10(13)4-5-16-12/h2-5,7H,6H2,1H3. The fourth-order valence-electron chi connectivity index (χ4n) is 1.33. The molecule has 2 heterocycles. The van der Waals surface area contributed by atoms with Gasteiger partial charge in [0, 0.05) is 33.2 Å². The summed E-state index contributed by atoms with van der Waals surface area (Å²) in [6.07, 6.45) is 2.07. The average molecular weight is 296 g/mol. The molecular formula is C12H10BrNOS. The Morgan fingerprint density at radius 1 is 1.44 bits per heavy atom. The maximum absolute atomic E-state index is 11.9. The summed E-state index contributed by atoms with van der Waals surface area (Å²) in [6, 6.07) is 5.64. The van der Waals surface area contributed by atoms with Gasteiger partial charge < -0.3 is 0 Å². The average Bonchev–Trinajstić information content (AvgIpc) is 2.65. The Labute approximate surface area is 106 Å². The number of thiophene rings is 1. The van der Waals surface area contributed by atoms with Crippen molar-refractivity contribution in [2.45, 2.75) is 13.3 Å². The molecule has 0 amide bonds. The zero-order valence-corrected chi connectivity index (χ0v) is 11.1. The summed E-state index contributed by atoms with van der Waals surface area (Å²) in [7, 11) is 0. The van der Waals surface area contributed by atoms with Crippen LogP contribution < -0.4 is 0 Å². The molecule has 0 aromatic carbocycles. The van der Waals surface area contributed by atoms with E-state index in [9.17, 15) is 4.79 Å². The van der Waals surface area contributed by atoms with Gasteiger partial charge in [-0.15, -0.1) is 11.3 Å². The normalized spacial score (nSPS) is 10.4. The van der Waals surface area contributed by atoms with Crippen LogP contribution in [0.2, 0.25) is 0 Å². The number of rotatable bonds is 3. The minimum Gasteiger partial charge on any atom is -0.294 e. The molecule has 0 bridgehead atoms. The SMILES string of the molecule is Cc1ccc(C(=O)Cc2sccc2Br)cn1. The van der Waals surface area contributed by atoms with E-state index in [0.29, 0.717) is 12.0 Å². The summed E-state index contributed by atoms with van der Waals surface area (Å²) in [5, 5.41) is 1.97. The summed E-state index contributed by atoms with van der Waals surface area (Å²) in [5.74, 6) is 0.107. The molecule has 2 aromatic heterocycles. The number of Topliss-reactive ketones (excluding diaryl/α,β-unsaturated/α-hetero) is 1. The van der Waals surface area contributed by atoms with Crippen molar-refractivity contribution in [3.05, 3.63) is 50.4 Å². The molecular weight excluding hydrogens is 286 g/mol. The highest BCUT2D eigenvalue weighted by Crippen LogP contribution is 2.24. The van der Waals surface area contributed by atoms with Crippen LogP contribution in [0.5, 0.6) is 0 Å². The minimum atomic E-state index is 0.107. The van der Waals surface area contributed by atoms with Gasteiger partial charge in [-0.25, -0.2) is 0 Å². The first kappa shape index (κ1) is 11.5. The number of hydrogen-bond acceptors (Lipinski definition) is 3. The van der Waals surface area contributed by atoms with Crippen molar-refractivity contribution < 1.29 is 4.79 Å². The van der Waals surface area contributed by atoms with Crippen LogP contribution in [0, 0.1) is 6.92 Å². The summed E-state index contributed by atoms with van der Waals surface area (Å²) in [4.78, 5) is 17.1. The maximum Gasteiger partial charge on any atom is 0.169 e. The topological polar surface area (TPSA) is 30.0 Å². The zero-order chi connectivity index (χ0) is 11.5. The molecule has 2 nitrogen and oxygen atoms in total. The second-order valence-electron chi connectivity index (χ2n) is 3.48. The highest BCUT2D eigenvalue weighted by molar-refractivity contribution is 9.10. The fraction of sp³-hybridized carbons (Fsp3) is 0.167. The molecule has 0 fully saturated rings. The van der Waals surface area contributed by atoms with E-state index < -0.39 is 0 Å². The van der Waals surface area contributed by atoms with Crippen LogP contribution in [0.4, 0.5) is 0 Å². The van der Waals surface area contributed by atoms with Crippen molar-refractivity contribution in [2.24, 2.45) is 0 Å². The summed E-state index contributed by atoms with van der Waals surface area (Å²) in [5.41, 5.74) is 1.60. The van der Waals surface area contributed by atoms with Gasteiger partial charge in [0.25, 0.3) is 0 Å². The van der Waals surface area contributed by atoms with Gasteiger partial charge in [0.1, 0.15) is 0 Å². The summed E-state index contributed by atoms with van der Waals surface area (Å²) < 4.78 is 1.01. The summed E-state index contributed by atoms with van der Waals surface area (Å²) >= 11 is 5.01. The van der Waals surface area contributed by atoms with Crippen LogP contribution in [0.3, 0.4) is 0 Å². The highest BCUT2D eigenvalue weighted by atomic mass is 79.9. The third kappa shape index (κ3) is 2.57. The fourth-order valence-corrected chi connectivity index (χ4v) is 2.82. The number of hydrogen-bond donors (Lipinski definition) is 0. The van der Waals surface area contributed by atoms with E-state index in [0.717, 1.165) is 15.0 Å². The lowest BCUT2D eigenvalue weighted by molar-refractivity contribution is 0.0993. The first-order chi connectivity index (χ1) is 7.66. The van der Waals surface area contributed by atoms with E-state index in [2.05, 4.69) is 20.9 Å². The lowest BCUT2D eigenvalue weighted by Gasteiger charge is -2.00. The van der Waals surface area contributed by atoms with Crippen LogP contribution in [-0.4, -0.2) is 10.8 Å². The predicted octanol–water partition coefficient (Wildman–Crippen LogP) is 3.64. The molecule has 0 saturated carbocycles. The molecule has 0 aliphatic heterocycles. The lowest BCUT2D eigenvalue weighted by Crippen LogP contribution is -2.03. The van der Waals surface area contributed by atoms with Gasteiger partial charge in [0.05, 0.1) is 0 Å². The smallest absolute Gasteiger partial charge is 0.169 e. The number of pyridine rings is 1. The molecule has 4 heteroatoms. The Kier molecular flexibility index (Phi) is 3.51. The molecule has 0 atom stereocenters. The molecule has 0 aliphatic rings. The van der Waals surface area contributed by atoms with Gasteiger partial charge in [-0.05, 0) is 46.4 Å². The molecule has 2 rings (SSSR count). The Balaban J connectivity index is 2.15. The molecule has 0 N–H and O–H groups in total. The van der Waals surface area contributed by atoms with Crippen LogP contribution in [0.15, 0.2) is 34.2 Å². The highest BCUT2D eigenvalue weighted by Gasteiger charge is 2.10. The second-order valence-corrected chi connectivity index (χ2v) is 5.33. The quantitative estimate of drug-likeness (QED) is 0.809. The second kappa shape index (κ2) is 4.89. The Morgan fingerprint density at radius 3 is 2.81 bits per heavy atom. The Hall–Kier alpha value is -1.00. The van der Waals surface area contributed by atoms with Gasteiger partial charge in [-0.3, -0.25) is 9.78 Å².